The first kappa shape index (κ1) is 23.7. The Morgan fingerprint density at radius 2 is 0.857 bits per heavy atom. The first-order valence-corrected chi connectivity index (χ1v) is 11.3. The maximum Gasteiger partial charge on any atom is -0.00610 e. The summed E-state index contributed by atoms with van der Waals surface area (Å²) in [4.78, 5) is 0. The Balaban J connectivity index is 0.000000442. The van der Waals surface area contributed by atoms with E-state index in [-0.39, 0.29) is 0 Å². The molecule has 0 nitrogen and oxygen atoms in total. The molecule has 0 heteroatoms. The lowest BCUT2D eigenvalue weighted by Crippen LogP contribution is -2.02. The summed E-state index contributed by atoms with van der Waals surface area (Å²) >= 11 is 0. The van der Waals surface area contributed by atoms with Crippen molar-refractivity contribution in [3.63, 3.8) is 0 Å². The molecule has 0 amide bonds. The van der Waals surface area contributed by atoms with Gasteiger partial charge in [0.05, 0.1) is 0 Å². The lowest BCUT2D eigenvalue weighted by Gasteiger charge is -2.22. The number of hydrogen-bond donors (Lipinski definition) is 0. The molecule has 150 valence electrons. The first-order chi connectivity index (χ1) is 13.9. The SMILES string of the molecule is C1=Cc2ccc3c4c(c5ccccc5c(c24)C1)CC=C3.CC.CC.CC.CC. The van der Waals surface area contributed by atoms with Crippen LogP contribution in [0.25, 0.3) is 33.7 Å². The van der Waals surface area contributed by atoms with Crippen LogP contribution in [0.4, 0.5) is 0 Å². The van der Waals surface area contributed by atoms with Gasteiger partial charge >= 0.3 is 0 Å². The van der Waals surface area contributed by atoms with Crippen LogP contribution < -0.4 is 0 Å². The van der Waals surface area contributed by atoms with Gasteiger partial charge in [-0.2, -0.15) is 0 Å². The largest absolute Gasteiger partial charge is 0.0795 e. The van der Waals surface area contributed by atoms with Crippen molar-refractivity contribution in [1.82, 2.24) is 0 Å². The third-order valence-corrected chi connectivity index (χ3v) is 4.69. The van der Waals surface area contributed by atoms with Gasteiger partial charge in [0.25, 0.3) is 0 Å². The zero-order valence-electron chi connectivity index (χ0n) is 19.2. The summed E-state index contributed by atoms with van der Waals surface area (Å²) < 4.78 is 0. The Hall–Kier alpha value is -2.34. The van der Waals surface area contributed by atoms with Crippen molar-refractivity contribution in [2.24, 2.45) is 0 Å². The second kappa shape index (κ2) is 12.2. The van der Waals surface area contributed by atoms with Gasteiger partial charge in [0.15, 0.2) is 0 Å². The van der Waals surface area contributed by atoms with Crippen LogP contribution in [-0.2, 0) is 12.8 Å². The minimum Gasteiger partial charge on any atom is -0.0795 e. The van der Waals surface area contributed by atoms with Crippen molar-refractivity contribution in [2.45, 2.75) is 68.2 Å². The van der Waals surface area contributed by atoms with Crippen LogP contribution in [-0.4, -0.2) is 0 Å². The van der Waals surface area contributed by atoms with Crippen LogP contribution in [0, 0.1) is 0 Å². The minimum atomic E-state index is 1.05. The third-order valence-electron chi connectivity index (χ3n) is 4.69. The molecule has 0 aromatic heterocycles. The molecule has 0 atom stereocenters. The summed E-state index contributed by atoms with van der Waals surface area (Å²) in [6, 6.07) is 13.4. The highest BCUT2D eigenvalue weighted by Crippen LogP contribution is 2.41. The van der Waals surface area contributed by atoms with E-state index in [0.29, 0.717) is 0 Å². The maximum atomic E-state index is 2.30. The van der Waals surface area contributed by atoms with E-state index in [4.69, 9.17) is 0 Å². The number of benzene rings is 3. The van der Waals surface area contributed by atoms with E-state index in [1.807, 2.05) is 55.4 Å². The molecule has 0 heterocycles. The molecule has 0 fully saturated rings. The molecule has 0 spiro atoms. The second-order valence-electron chi connectivity index (χ2n) is 5.71. The van der Waals surface area contributed by atoms with Crippen LogP contribution in [0.1, 0.15) is 77.6 Å². The molecule has 2 aliphatic carbocycles. The molecule has 0 N–H and O–H groups in total. The van der Waals surface area contributed by atoms with Crippen molar-refractivity contribution < 1.29 is 0 Å². The molecule has 0 unspecified atom stereocenters. The number of hydrogen-bond acceptors (Lipinski definition) is 0. The monoisotopic (exact) mass is 374 g/mol. The average Bonchev–Trinajstić information content (AvgIpc) is 2.83. The van der Waals surface area contributed by atoms with Crippen molar-refractivity contribution >= 4 is 33.7 Å². The molecule has 0 bridgehead atoms. The number of fused-ring (bicyclic) bond motifs is 3. The number of rotatable bonds is 0. The van der Waals surface area contributed by atoms with Crippen LogP contribution in [0.15, 0.2) is 48.6 Å². The van der Waals surface area contributed by atoms with E-state index in [1.165, 1.54) is 43.8 Å². The molecule has 28 heavy (non-hydrogen) atoms. The van der Waals surface area contributed by atoms with Gasteiger partial charge in [0.2, 0.25) is 0 Å². The Labute approximate surface area is 173 Å². The maximum absolute atomic E-state index is 2.30. The van der Waals surface area contributed by atoms with E-state index in [1.54, 1.807) is 0 Å². The first-order valence-electron chi connectivity index (χ1n) is 11.3. The summed E-state index contributed by atoms with van der Waals surface area (Å²) in [5, 5.41) is 5.85. The highest BCUT2D eigenvalue weighted by molar-refractivity contribution is 6.12. The molecule has 3 aromatic carbocycles. The summed E-state index contributed by atoms with van der Waals surface area (Å²) in [5.74, 6) is 0. The zero-order valence-corrected chi connectivity index (χ0v) is 19.2. The molecule has 5 rings (SSSR count). The summed E-state index contributed by atoms with van der Waals surface area (Å²) in [6.07, 6.45) is 11.3. The van der Waals surface area contributed by atoms with Crippen molar-refractivity contribution in [3.8, 4) is 0 Å². The van der Waals surface area contributed by atoms with Gasteiger partial charge in [-0.25, -0.2) is 0 Å². The van der Waals surface area contributed by atoms with E-state index >= 15 is 0 Å². The fourth-order valence-corrected chi connectivity index (χ4v) is 3.87. The van der Waals surface area contributed by atoms with Gasteiger partial charge < -0.3 is 0 Å². The minimum absolute atomic E-state index is 1.05. The molecule has 3 aromatic rings. The Morgan fingerprint density at radius 3 is 1.21 bits per heavy atom. The van der Waals surface area contributed by atoms with Gasteiger partial charge in [0, 0.05) is 0 Å². The summed E-state index contributed by atoms with van der Waals surface area (Å²) in [6.45, 7) is 16.0. The molecule has 0 saturated carbocycles. The van der Waals surface area contributed by atoms with Gasteiger partial charge in [-0.1, -0.05) is 116 Å². The normalized spacial score (nSPS) is 11.7. The number of allylic oxidation sites excluding steroid dienone is 2. The smallest absolute Gasteiger partial charge is 0.00610 e. The van der Waals surface area contributed by atoms with Crippen molar-refractivity contribution in [3.05, 3.63) is 70.8 Å². The molecular formula is C28H38. The second-order valence-corrected chi connectivity index (χ2v) is 5.71. The van der Waals surface area contributed by atoms with E-state index in [9.17, 15) is 0 Å². The Kier molecular flexibility index (Phi) is 10.3. The van der Waals surface area contributed by atoms with Crippen LogP contribution in [0.2, 0.25) is 0 Å². The topological polar surface area (TPSA) is 0 Å². The Bertz CT molecular complexity index is 861. The van der Waals surface area contributed by atoms with Crippen LogP contribution >= 0.6 is 0 Å². The van der Waals surface area contributed by atoms with E-state index in [2.05, 4.69) is 60.7 Å². The third kappa shape index (κ3) is 4.22. The zero-order chi connectivity index (χ0) is 21.1. The standard InChI is InChI=1S/C20H14.4C2H6/c1-2-8-16-15(7-1)17-9-3-5-13-11-12-14-6-4-10-18(16)20(14)19(13)17;4*1-2/h1-8,11-12H,9-10H2;4*1-2H3. The summed E-state index contributed by atoms with van der Waals surface area (Å²) in [7, 11) is 0. The summed E-state index contributed by atoms with van der Waals surface area (Å²) in [5.41, 5.74) is 5.78. The quantitative estimate of drug-likeness (QED) is 0.344. The molecule has 0 aliphatic heterocycles. The Morgan fingerprint density at radius 1 is 0.500 bits per heavy atom. The molecular weight excluding hydrogens is 336 g/mol. The molecule has 0 radical (unpaired) electrons. The van der Waals surface area contributed by atoms with E-state index < -0.39 is 0 Å². The van der Waals surface area contributed by atoms with Gasteiger partial charge in [-0.05, 0) is 56.6 Å². The van der Waals surface area contributed by atoms with Crippen LogP contribution in [0.5, 0.6) is 0 Å². The lowest BCUT2D eigenvalue weighted by molar-refractivity contribution is 1.28. The highest BCUT2D eigenvalue weighted by Gasteiger charge is 2.19. The fraction of sp³-hybridized carbons (Fsp3) is 0.357. The van der Waals surface area contributed by atoms with Gasteiger partial charge in [0.1, 0.15) is 0 Å². The molecule has 0 saturated heterocycles. The van der Waals surface area contributed by atoms with Gasteiger partial charge in [-0.3, -0.25) is 0 Å². The molecule has 2 aliphatic rings. The predicted molar refractivity (Wildman–Crippen MR) is 132 cm³/mol. The highest BCUT2D eigenvalue weighted by atomic mass is 14.2. The van der Waals surface area contributed by atoms with E-state index in [0.717, 1.165) is 12.8 Å². The van der Waals surface area contributed by atoms with Crippen molar-refractivity contribution in [2.75, 3.05) is 0 Å². The fourth-order valence-electron chi connectivity index (χ4n) is 3.87. The van der Waals surface area contributed by atoms with Gasteiger partial charge in [-0.15, -0.1) is 0 Å². The predicted octanol–water partition coefficient (Wildman–Crippen LogP) is 9.24. The average molecular weight is 375 g/mol. The van der Waals surface area contributed by atoms with Crippen LogP contribution in [0.3, 0.4) is 0 Å². The van der Waals surface area contributed by atoms with Crippen molar-refractivity contribution in [1.29, 1.82) is 0 Å². The lowest BCUT2D eigenvalue weighted by atomic mass is 9.81.